The Morgan fingerprint density at radius 3 is 2.83 bits per heavy atom. The van der Waals surface area contributed by atoms with E-state index in [1.54, 1.807) is 13.2 Å². The molecule has 0 aromatic heterocycles. The highest BCUT2D eigenvalue weighted by atomic mass is 32.2. The van der Waals surface area contributed by atoms with Gasteiger partial charge in [-0.05, 0) is 25.0 Å². The number of nitrogen functional groups attached to an aromatic ring is 1. The van der Waals surface area contributed by atoms with E-state index >= 15 is 0 Å². The van der Waals surface area contributed by atoms with Gasteiger partial charge in [-0.2, -0.15) is 0 Å². The molecule has 5 heteroatoms. The zero-order valence-electron chi connectivity index (χ0n) is 10.5. The number of methoxy groups -OCH3 is 1. The van der Waals surface area contributed by atoms with Gasteiger partial charge in [0.15, 0.2) is 0 Å². The van der Waals surface area contributed by atoms with Crippen molar-refractivity contribution < 1.29 is 9.53 Å². The molecule has 18 heavy (non-hydrogen) atoms. The predicted molar refractivity (Wildman–Crippen MR) is 73.9 cm³/mol. The fourth-order valence-corrected chi connectivity index (χ4v) is 2.91. The summed E-state index contributed by atoms with van der Waals surface area (Å²) in [5.74, 6) is 1.39. The Kier molecular flexibility index (Phi) is 4.36. The summed E-state index contributed by atoms with van der Waals surface area (Å²) in [7, 11) is 1.61. The van der Waals surface area contributed by atoms with E-state index in [0.29, 0.717) is 11.4 Å². The number of hydrogen-bond acceptors (Lipinski definition) is 4. The Morgan fingerprint density at radius 1 is 1.44 bits per heavy atom. The van der Waals surface area contributed by atoms with Gasteiger partial charge in [-0.3, -0.25) is 4.79 Å². The summed E-state index contributed by atoms with van der Waals surface area (Å²) < 4.78 is 5.26. The molecule has 2 rings (SSSR count). The number of carbonyl (C=O) groups excluding carboxylic acids is 1. The van der Waals surface area contributed by atoms with Gasteiger partial charge in [0.2, 0.25) is 5.91 Å². The molecule has 1 saturated heterocycles. The summed E-state index contributed by atoms with van der Waals surface area (Å²) in [6.45, 7) is 1.80. The number of benzene rings is 1. The standard InChI is InChI=1S/C13H18N2O2S/c1-17-11-8-10(14)4-5-12(11)18-9-13(16)15-6-2-3-7-15/h4-5,8H,2-3,6-7,9,14H2,1H3. The lowest BCUT2D eigenvalue weighted by Crippen LogP contribution is -2.29. The highest BCUT2D eigenvalue weighted by Gasteiger charge is 2.18. The Balaban J connectivity index is 1.95. The minimum atomic E-state index is 0.205. The zero-order valence-corrected chi connectivity index (χ0v) is 11.3. The Bertz CT molecular complexity index is 431. The highest BCUT2D eigenvalue weighted by molar-refractivity contribution is 8.00. The molecule has 0 saturated carbocycles. The van der Waals surface area contributed by atoms with E-state index in [-0.39, 0.29) is 5.91 Å². The Hall–Kier alpha value is -1.36. The molecule has 0 bridgehead atoms. The summed E-state index contributed by atoms with van der Waals surface area (Å²) in [5.41, 5.74) is 6.36. The van der Waals surface area contributed by atoms with Crippen molar-refractivity contribution in [3.63, 3.8) is 0 Å². The van der Waals surface area contributed by atoms with Crippen molar-refractivity contribution in [3.8, 4) is 5.75 Å². The summed E-state index contributed by atoms with van der Waals surface area (Å²) in [6, 6.07) is 5.50. The maximum atomic E-state index is 11.9. The minimum Gasteiger partial charge on any atom is -0.496 e. The van der Waals surface area contributed by atoms with E-state index in [9.17, 15) is 4.79 Å². The van der Waals surface area contributed by atoms with Crippen LogP contribution in [0.2, 0.25) is 0 Å². The average molecular weight is 266 g/mol. The van der Waals surface area contributed by atoms with Crippen molar-refractivity contribution >= 4 is 23.4 Å². The van der Waals surface area contributed by atoms with Gasteiger partial charge in [0.05, 0.1) is 12.9 Å². The maximum absolute atomic E-state index is 11.9. The molecule has 0 atom stereocenters. The van der Waals surface area contributed by atoms with Crippen LogP contribution in [-0.4, -0.2) is 36.8 Å². The van der Waals surface area contributed by atoms with Crippen LogP contribution in [0.1, 0.15) is 12.8 Å². The van der Waals surface area contributed by atoms with E-state index in [1.165, 1.54) is 11.8 Å². The third-order valence-electron chi connectivity index (χ3n) is 3.00. The molecule has 1 fully saturated rings. The number of hydrogen-bond donors (Lipinski definition) is 1. The van der Waals surface area contributed by atoms with Crippen molar-refractivity contribution in [2.75, 3.05) is 31.7 Å². The zero-order chi connectivity index (χ0) is 13.0. The molecule has 0 radical (unpaired) electrons. The number of thioether (sulfide) groups is 1. The van der Waals surface area contributed by atoms with E-state index in [1.807, 2.05) is 17.0 Å². The molecule has 0 unspecified atom stereocenters. The molecule has 1 heterocycles. The van der Waals surface area contributed by atoms with Crippen LogP contribution in [0.15, 0.2) is 23.1 Å². The molecule has 1 aromatic carbocycles. The van der Waals surface area contributed by atoms with E-state index in [2.05, 4.69) is 0 Å². The monoisotopic (exact) mass is 266 g/mol. The Labute approximate surface area is 111 Å². The van der Waals surface area contributed by atoms with Crippen LogP contribution in [0, 0.1) is 0 Å². The lowest BCUT2D eigenvalue weighted by molar-refractivity contribution is -0.127. The average Bonchev–Trinajstić information content (AvgIpc) is 2.90. The van der Waals surface area contributed by atoms with Crippen LogP contribution in [0.3, 0.4) is 0 Å². The number of ether oxygens (including phenoxy) is 1. The largest absolute Gasteiger partial charge is 0.496 e. The number of rotatable bonds is 4. The Morgan fingerprint density at radius 2 is 2.17 bits per heavy atom. The second-order valence-corrected chi connectivity index (χ2v) is 5.30. The van der Waals surface area contributed by atoms with Crippen LogP contribution < -0.4 is 10.5 Å². The molecule has 1 aliphatic rings. The van der Waals surface area contributed by atoms with Crippen molar-refractivity contribution in [2.24, 2.45) is 0 Å². The van der Waals surface area contributed by atoms with Gasteiger partial charge in [-0.15, -0.1) is 11.8 Å². The molecule has 1 amide bonds. The molecular weight excluding hydrogens is 248 g/mol. The molecule has 2 N–H and O–H groups in total. The van der Waals surface area contributed by atoms with Gasteiger partial charge in [-0.1, -0.05) is 0 Å². The smallest absolute Gasteiger partial charge is 0.232 e. The minimum absolute atomic E-state index is 0.205. The first-order valence-corrected chi connectivity index (χ1v) is 7.03. The first-order valence-electron chi connectivity index (χ1n) is 6.05. The lowest BCUT2D eigenvalue weighted by Gasteiger charge is -2.15. The topological polar surface area (TPSA) is 55.6 Å². The summed E-state index contributed by atoms with van der Waals surface area (Å²) in [4.78, 5) is 14.8. The number of amides is 1. The van der Waals surface area contributed by atoms with Crippen molar-refractivity contribution in [2.45, 2.75) is 17.7 Å². The molecule has 4 nitrogen and oxygen atoms in total. The summed E-state index contributed by atoms with van der Waals surface area (Å²) in [6.07, 6.45) is 2.25. The van der Waals surface area contributed by atoms with Gasteiger partial charge >= 0.3 is 0 Å². The van der Waals surface area contributed by atoms with E-state index in [0.717, 1.165) is 36.6 Å². The van der Waals surface area contributed by atoms with Gasteiger partial charge < -0.3 is 15.4 Å². The van der Waals surface area contributed by atoms with Gasteiger partial charge in [0, 0.05) is 29.7 Å². The molecule has 98 valence electrons. The number of carbonyl (C=O) groups is 1. The third-order valence-corrected chi connectivity index (χ3v) is 4.04. The number of nitrogens with two attached hydrogens (primary N) is 1. The molecule has 1 aliphatic heterocycles. The molecule has 0 spiro atoms. The van der Waals surface area contributed by atoms with Crippen molar-refractivity contribution in [3.05, 3.63) is 18.2 Å². The van der Waals surface area contributed by atoms with E-state index < -0.39 is 0 Å². The van der Waals surface area contributed by atoms with Crippen LogP contribution in [0.4, 0.5) is 5.69 Å². The summed E-state index contributed by atoms with van der Waals surface area (Å²) in [5, 5.41) is 0. The number of likely N-dealkylation sites (tertiary alicyclic amines) is 1. The van der Waals surface area contributed by atoms with Crippen molar-refractivity contribution in [1.82, 2.24) is 4.90 Å². The van der Waals surface area contributed by atoms with Gasteiger partial charge in [0.25, 0.3) is 0 Å². The third kappa shape index (κ3) is 3.10. The van der Waals surface area contributed by atoms with Crippen LogP contribution in [0.5, 0.6) is 5.75 Å². The molecule has 1 aromatic rings. The number of nitrogens with zero attached hydrogens (tertiary/aromatic N) is 1. The normalized spacial score (nSPS) is 14.8. The highest BCUT2D eigenvalue weighted by Crippen LogP contribution is 2.31. The van der Waals surface area contributed by atoms with Gasteiger partial charge in [0.1, 0.15) is 5.75 Å². The fraction of sp³-hybridized carbons (Fsp3) is 0.462. The van der Waals surface area contributed by atoms with Crippen LogP contribution in [0.25, 0.3) is 0 Å². The van der Waals surface area contributed by atoms with Crippen molar-refractivity contribution in [1.29, 1.82) is 0 Å². The molecular formula is C13H18N2O2S. The first kappa shape index (κ1) is 13.1. The fourth-order valence-electron chi connectivity index (χ4n) is 2.00. The van der Waals surface area contributed by atoms with Crippen LogP contribution >= 0.6 is 11.8 Å². The van der Waals surface area contributed by atoms with Crippen LogP contribution in [-0.2, 0) is 4.79 Å². The lowest BCUT2D eigenvalue weighted by atomic mass is 10.3. The van der Waals surface area contributed by atoms with E-state index in [4.69, 9.17) is 10.5 Å². The second kappa shape index (κ2) is 6.00. The first-order chi connectivity index (χ1) is 8.70. The maximum Gasteiger partial charge on any atom is 0.232 e. The number of anilines is 1. The van der Waals surface area contributed by atoms with Gasteiger partial charge in [-0.25, -0.2) is 0 Å². The quantitative estimate of drug-likeness (QED) is 0.669. The predicted octanol–water partition coefficient (Wildman–Crippen LogP) is 1.99. The second-order valence-electron chi connectivity index (χ2n) is 4.29. The molecule has 0 aliphatic carbocycles. The SMILES string of the molecule is COc1cc(N)ccc1SCC(=O)N1CCCC1. The summed E-state index contributed by atoms with van der Waals surface area (Å²) >= 11 is 1.50.